The molecule has 0 radical (unpaired) electrons. The molecule has 0 spiro atoms. The highest BCUT2D eigenvalue weighted by atomic mass is 16.5. The van der Waals surface area contributed by atoms with Gasteiger partial charge in [-0.15, -0.1) is 0 Å². The summed E-state index contributed by atoms with van der Waals surface area (Å²) in [4.78, 5) is 12.3. The van der Waals surface area contributed by atoms with Crippen molar-refractivity contribution >= 4 is 11.6 Å². The molecule has 0 heterocycles. The molecule has 2 rings (SSSR count). The summed E-state index contributed by atoms with van der Waals surface area (Å²) in [7, 11) is 1.50. The first kappa shape index (κ1) is 17.7. The van der Waals surface area contributed by atoms with Crippen molar-refractivity contribution in [1.82, 2.24) is 5.43 Å². The Bertz CT molecular complexity index is 682. The Morgan fingerprint density at radius 2 is 1.79 bits per heavy atom. The van der Waals surface area contributed by atoms with Gasteiger partial charge in [0.05, 0.1) is 12.3 Å². The molecule has 0 aromatic heterocycles. The lowest BCUT2D eigenvalue weighted by atomic mass is 10.1. The van der Waals surface area contributed by atoms with E-state index in [1.807, 2.05) is 68.4 Å². The van der Waals surface area contributed by atoms with E-state index in [0.29, 0.717) is 12.3 Å². The van der Waals surface area contributed by atoms with E-state index in [-0.39, 0.29) is 5.91 Å². The largest absolute Gasteiger partial charge is 0.494 e. The van der Waals surface area contributed by atoms with Gasteiger partial charge in [0, 0.05) is 7.11 Å². The number of carbonyl (C=O) groups is 1. The quantitative estimate of drug-likeness (QED) is 0.627. The average Bonchev–Trinajstić information content (AvgIpc) is 2.62. The van der Waals surface area contributed by atoms with E-state index in [1.54, 1.807) is 0 Å². The molecule has 0 bridgehead atoms. The van der Waals surface area contributed by atoms with Crippen LogP contribution >= 0.6 is 0 Å². The van der Waals surface area contributed by atoms with Crippen LogP contribution in [-0.4, -0.2) is 25.3 Å². The van der Waals surface area contributed by atoms with Crippen LogP contribution in [0.4, 0.5) is 0 Å². The number of hydrogen-bond acceptors (Lipinski definition) is 4. The topological polar surface area (TPSA) is 59.9 Å². The van der Waals surface area contributed by atoms with Gasteiger partial charge in [0.1, 0.15) is 5.75 Å². The molecule has 1 unspecified atom stereocenters. The third-order valence-electron chi connectivity index (χ3n) is 3.49. The van der Waals surface area contributed by atoms with Crippen molar-refractivity contribution in [2.24, 2.45) is 5.10 Å². The number of carbonyl (C=O) groups excluding carboxylic acids is 1. The molecular formula is C19H22N2O3. The first-order valence-corrected chi connectivity index (χ1v) is 7.80. The van der Waals surface area contributed by atoms with Gasteiger partial charge in [0.2, 0.25) is 0 Å². The summed E-state index contributed by atoms with van der Waals surface area (Å²) in [5.41, 5.74) is 4.96. The smallest absolute Gasteiger partial charge is 0.273 e. The van der Waals surface area contributed by atoms with Crippen molar-refractivity contribution in [1.29, 1.82) is 0 Å². The molecule has 1 amide bonds. The zero-order valence-electron chi connectivity index (χ0n) is 14.2. The van der Waals surface area contributed by atoms with Gasteiger partial charge < -0.3 is 9.47 Å². The summed E-state index contributed by atoms with van der Waals surface area (Å²) < 4.78 is 10.7. The summed E-state index contributed by atoms with van der Waals surface area (Å²) in [6.45, 7) is 4.40. The Hall–Kier alpha value is -2.66. The summed E-state index contributed by atoms with van der Waals surface area (Å²) in [6, 6.07) is 16.9. The van der Waals surface area contributed by atoms with Gasteiger partial charge in [-0.3, -0.25) is 4.79 Å². The second-order valence-corrected chi connectivity index (χ2v) is 5.16. The normalized spacial score (nSPS) is 12.5. The number of hydrazone groups is 1. The number of ether oxygens (including phenoxy) is 2. The fourth-order valence-electron chi connectivity index (χ4n) is 2.24. The van der Waals surface area contributed by atoms with Crippen molar-refractivity contribution in [3.05, 3.63) is 65.7 Å². The monoisotopic (exact) mass is 326 g/mol. The number of nitrogens with one attached hydrogen (secondary N) is 1. The van der Waals surface area contributed by atoms with Crippen LogP contribution in [0.15, 0.2) is 59.7 Å². The molecule has 24 heavy (non-hydrogen) atoms. The van der Waals surface area contributed by atoms with E-state index in [9.17, 15) is 4.79 Å². The van der Waals surface area contributed by atoms with Crippen LogP contribution < -0.4 is 10.2 Å². The Kier molecular flexibility index (Phi) is 6.51. The minimum absolute atomic E-state index is 0.311. The molecule has 0 aliphatic heterocycles. The molecular weight excluding hydrogens is 304 g/mol. The van der Waals surface area contributed by atoms with Crippen LogP contribution in [0.1, 0.15) is 31.1 Å². The van der Waals surface area contributed by atoms with Crippen molar-refractivity contribution < 1.29 is 14.3 Å². The summed E-state index contributed by atoms with van der Waals surface area (Å²) >= 11 is 0. The van der Waals surface area contributed by atoms with Crippen LogP contribution in [0, 0.1) is 0 Å². The Morgan fingerprint density at radius 3 is 2.38 bits per heavy atom. The number of hydrogen-bond donors (Lipinski definition) is 1. The van der Waals surface area contributed by atoms with Gasteiger partial charge in [-0.25, -0.2) is 5.43 Å². The predicted octanol–water partition coefficient (Wildman–Crippen LogP) is 3.31. The maximum absolute atomic E-state index is 12.3. The third kappa shape index (κ3) is 4.67. The maximum atomic E-state index is 12.3. The summed E-state index contributed by atoms with van der Waals surface area (Å²) in [5, 5.41) is 4.16. The van der Waals surface area contributed by atoms with Gasteiger partial charge >= 0.3 is 0 Å². The minimum Gasteiger partial charge on any atom is -0.494 e. The highest BCUT2D eigenvalue weighted by Gasteiger charge is 2.19. The second kappa shape index (κ2) is 8.84. The molecule has 0 saturated carbocycles. The predicted molar refractivity (Wildman–Crippen MR) is 94.2 cm³/mol. The molecule has 1 atom stereocenters. The zero-order valence-corrected chi connectivity index (χ0v) is 14.2. The van der Waals surface area contributed by atoms with Crippen LogP contribution in [-0.2, 0) is 9.53 Å². The van der Waals surface area contributed by atoms with Gasteiger partial charge in [0.15, 0.2) is 6.10 Å². The number of rotatable bonds is 7. The molecule has 0 aliphatic rings. The standard InChI is InChI=1S/C19H22N2O3/c1-4-24-17-12-10-15(11-13-17)14(2)20-21-19(22)18(23-3)16-8-6-5-7-9-16/h5-13,18H,4H2,1-3H3,(H,21,22). The molecule has 2 aromatic carbocycles. The highest BCUT2D eigenvalue weighted by molar-refractivity contribution is 5.99. The van der Waals surface area contributed by atoms with Crippen molar-refractivity contribution in [3.8, 4) is 5.75 Å². The lowest BCUT2D eigenvalue weighted by Gasteiger charge is -2.14. The molecule has 5 nitrogen and oxygen atoms in total. The molecule has 2 aromatic rings. The van der Waals surface area contributed by atoms with Gasteiger partial charge in [-0.05, 0) is 49.2 Å². The maximum Gasteiger partial charge on any atom is 0.273 e. The fraction of sp³-hybridized carbons (Fsp3) is 0.263. The van der Waals surface area contributed by atoms with Crippen molar-refractivity contribution in [2.75, 3.05) is 13.7 Å². The zero-order chi connectivity index (χ0) is 17.4. The highest BCUT2D eigenvalue weighted by Crippen LogP contribution is 2.16. The van der Waals surface area contributed by atoms with Crippen LogP contribution in [0.25, 0.3) is 0 Å². The fourth-order valence-corrected chi connectivity index (χ4v) is 2.24. The molecule has 0 fully saturated rings. The number of amides is 1. The van der Waals surface area contributed by atoms with Crippen LogP contribution in [0.2, 0.25) is 0 Å². The second-order valence-electron chi connectivity index (χ2n) is 5.16. The van der Waals surface area contributed by atoms with E-state index < -0.39 is 6.10 Å². The number of nitrogens with zero attached hydrogens (tertiary/aromatic N) is 1. The van der Waals surface area contributed by atoms with E-state index in [2.05, 4.69) is 10.5 Å². The Morgan fingerprint density at radius 1 is 1.12 bits per heavy atom. The Labute approximate surface area is 142 Å². The molecule has 5 heteroatoms. The average molecular weight is 326 g/mol. The van der Waals surface area contributed by atoms with E-state index in [0.717, 1.165) is 16.9 Å². The summed E-state index contributed by atoms with van der Waals surface area (Å²) in [6.07, 6.45) is -0.692. The number of benzene rings is 2. The molecule has 0 aliphatic carbocycles. The van der Waals surface area contributed by atoms with E-state index in [4.69, 9.17) is 9.47 Å². The first-order chi connectivity index (χ1) is 11.7. The van der Waals surface area contributed by atoms with Gasteiger partial charge in [-0.2, -0.15) is 5.10 Å². The lowest BCUT2D eigenvalue weighted by Crippen LogP contribution is -2.27. The molecule has 0 saturated heterocycles. The SMILES string of the molecule is CCOc1ccc(C(C)=NNC(=O)C(OC)c2ccccc2)cc1. The van der Waals surface area contributed by atoms with E-state index >= 15 is 0 Å². The van der Waals surface area contributed by atoms with Crippen molar-refractivity contribution in [2.45, 2.75) is 20.0 Å². The summed E-state index contributed by atoms with van der Waals surface area (Å²) in [5.74, 6) is 0.496. The van der Waals surface area contributed by atoms with Gasteiger partial charge in [-0.1, -0.05) is 30.3 Å². The molecule has 126 valence electrons. The first-order valence-electron chi connectivity index (χ1n) is 7.80. The Balaban J connectivity index is 2.04. The van der Waals surface area contributed by atoms with Crippen molar-refractivity contribution in [3.63, 3.8) is 0 Å². The molecule has 1 N–H and O–H groups in total. The third-order valence-corrected chi connectivity index (χ3v) is 3.49. The minimum atomic E-state index is -0.692. The number of methoxy groups -OCH3 is 1. The van der Waals surface area contributed by atoms with Gasteiger partial charge in [0.25, 0.3) is 5.91 Å². The van der Waals surface area contributed by atoms with E-state index in [1.165, 1.54) is 7.11 Å². The lowest BCUT2D eigenvalue weighted by molar-refractivity contribution is -0.131. The van der Waals surface area contributed by atoms with Crippen LogP contribution in [0.3, 0.4) is 0 Å². The van der Waals surface area contributed by atoms with Crippen LogP contribution in [0.5, 0.6) is 5.75 Å².